The lowest BCUT2D eigenvalue weighted by Gasteiger charge is -2.18. The van der Waals surface area contributed by atoms with E-state index in [1.165, 1.54) is 12.1 Å². The average molecular weight is 297 g/mol. The zero-order valence-electron chi connectivity index (χ0n) is 11.8. The summed E-state index contributed by atoms with van der Waals surface area (Å²) < 4.78 is 43.0. The van der Waals surface area contributed by atoms with E-state index < -0.39 is 11.7 Å². The highest BCUT2D eigenvalue weighted by Crippen LogP contribution is 2.30. The molecule has 0 aliphatic rings. The van der Waals surface area contributed by atoms with E-state index in [0.717, 1.165) is 42.8 Å². The van der Waals surface area contributed by atoms with E-state index in [9.17, 15) is 13.2 Å². The Bertz CT molecular complexity index is 532. The van der Waals surface area contributed by atoms with Gasteiger partial charge in [0.25, 0.3) is 0 Å². The fourth-order valence-electron chi connectivity index (χ4n) is 2.28. The van der Waals surface area contributed by atoms with Crippen molar-refractivity contribution in [2.45, 2.75) is 32.0 Å². The highest BCUT2D eigenvalue weighted by molar-refractivity contribution is 5.27. The molecular weight excluding hydrogens is 279 g/mol. The molecule has 1 aromatic carbocycles. The molecule has 1 atom stereocenters. The standard InChI is InChI=1S/C16H18F3NO/c1-2-20-15(10-9-14-4-3-11-21-14)12-5-7-13(8-6-12)16(17,18)19/h3-8,11,15,20H,2,9-10H2,1H3. The van der Waals surface area contributed by atoms with Crippen molar-refractivity contribution in [3.63, 3.8) is 0 Å². The van der Waals surface area contributed by atoms with Crippen molar-refractivity contribution < 1.29 is 17.6 Å². The van der Waals surface area contributed by atoms with Crippen molar-refractivity contribution in [3.8, 4) is 0 Å². The molecule has 0 saturated carbocycles. The highest BCUT2D eigenvalue weighted by Gasteiger charge is 2.30. The molecule has 114 valence electrons. The van der Waals surface area contributed by atoms with Gasteiger partial charge in [-0.1, -0.05) is 19.1 Å². The van der Waals surface area contributed by atoms with E-state index in [4.69, 9.17) is 4.42 Å². The van der Waals surface area contributed by atoms with Crippen LogP contribution in [0.5, 0.6) is 0 Å². The molecule has 1 aromatic heterocycles. The van der Waals surface area contributed by atoms with E-state index in [2.05, 4.69) is 5.32 Å². The average Bonchev–Trinajstić information content (AvgIpc) is 2.96. The van der Waals surface area contributed by atoms with Gasteiger partial charge < -0.3 is 9.73 Å². The van der Waals surface area contributed by atoms with Crippen molar-refractivity contribution >= 4 is 0 Å². The number of hydrogen-bond donors (Lipinski definition) is 1. The molecule has 0 amide bonds. The number of aryl methyl sites for hydroxylation is 1. The van der Waals surface area contributed by atoms with Crippen LogP contribution in [0.2, 0.25) is 0 Å². The number of halogens is 3. The number of nitrogens with one attached hydrogen (secondary N) is 1. The van der Waals surface area contributed by atoms with Crippen molar-refractivity contribution in [1.82, 2.24) is 5.32 Å². The number of alkyl halides is 3. The Balaban J connectivity index is 2.06. The van der Waals surface area contributed by atoms with Crippen molar-refractivity contribution in [1.29, 1.82) is 0 Å². The molecule has 0 spiro atoms. The number of rotatable bonds is 6. The maximum absolute atomic E-state index is 12.6. The molecule has 0 saturated heterocycles. The van der Waals surface area contributed by atoms with Crippen LogP contribution < -0.4 is 5.32 Å². The van der Waals surface area contributed by atoms with Gasteiger partial charge in [0, 0.05) is 12.5 Å². The van der Waals surface area contributed by atoms with Gasteiger partial charge in [-0.3, -0.25) is 0 Å². The third-order valence-corrected chi connectivity index (χ3v) is 3.35. The maximum Gasteiger partial charge on any atom is 0.416 e. The molecule has 0 radical (unpaired) electrons. The van der Waals surface area contributed by atoms with Crippen LogP contribution in [0.25, 0.3) is 0 Å². The second kappa shape index (κ2) is 6.80. The number of furan rings is 1. The predicted molar refractivity (Wildman–Crippen MR) is 74.9 cm³/mol. The van der Waals surface area contributed by atoms with Crippen molar-refractivity contribution in [3.05, 3.63) is 59.5 Å². The normalized spacial score (nSPS) is 13.3. The Kier molecular flexibility index (Phi) is 5.07. The van der Waals surface area contributed by atoms with Crippen LogP contribution in [0.4, 0.5) is 13.2 Å². The summed E-state index contributed by atoms with van der Waals surface area (Å²) in [6.07, 6.45) is -1.16. The summed E-state index contributed by atoms with van der Waals surface area (Å²) >= 11 is 0. The summed E-state index contributed by atoms with van der Waals surface area (Å²) in [5, 5.41) is 3.30. The third kappa shape index (κ3) is 4.36. The molecular formula is C16H18F3NO. The van der Waals surface area contributed by atoms with Crippen LogP contribution in [-0.2, 0) is 12.6 Å². The zero-order chi connectivity index (χ0) is 15.3. The van der Waals surface area contributed by atoms with E-state index >= 15 is 0 Å². The number of hydrogen-bond acceptors (Lipinski definition) is 2. The Labute approximate surface area is 122 Å². The van der Waals surface area contributed by atoms with Gasteiger partial charge in [-0.05, 0) is 42.8 Å². The molecule has 2 rings (SSSR count). The van der Waals surface area contributed by atoms with E-state index in [-0.39, 0.29) is 6.04 Å². The van der Waals surface area contributed by atoms with Crippen LogP contribution in [0.15, 0.2) is 47.1 Å². The molecule has 2 aromatic rings. The van der Waals surface area contributed by atoms with E-state index in [1.54, 1.807) is 6.26 Å². The van der Waals surface area contributed by atoms with Crippen LogP contribution >= 0.6 is 0 Å². The van der Waals surface area contributed by atoms with Gasteiger partial charge in [0.15, 0.2) is 0 Å². The van der Waals surface area contributed by atoms with Crippen LogP contribution in [0.3, 0.4) is 0 Å². The van der Waals surface area contributed by atoms with Crippen molar-refractivity contribution in [2.24, 2.45) is 0 Å². The molecule has 0 aliphatic carbocycles. The summed E-state index contributed by atoms with van der Waals surface area (Å²) in [6.45, 7) is 2.73. The van der Waals surface area contributed by atoms with Gasteiger partial charge in [-0.25, -0.2) is 0 Å². The Morgan fingerprint density at radius 3 is 2.38 bits per heavy atom. The SMILES string of the molecule is CCNC(CCc1ccco1)c1ccc(C(F)(F)F)cc1. The largest absolute Gasteiger partial charge is 0.469 e. The Morgan fingerprint density at radius 2 is 1.86 bits per heavy atom. The fourth-order valence-corrected chi connectivity index (χ4v) is 2.28. The first-order chi connectivity index (χ1) is 10.0. The minimum absolute atomic E-state index is 0.0161. The van der Waals surface area contributed by atoms with Gasteiger partial charge in [0.05, 0.1) is 11.8 Å². The van der Waals surface area contributed by atoms with Gasteiger partial charge in [-0.2, -0.15) is 13.2 Å². The summed E-state index contributed by atoms with van der Waals surface area (Å²) in [4.78, 5) is 0. The minimum atomic E-state index is -4.29. The smallest absolute Gasteiger partial charge is 0.416 e. The van der Waals surface area contributed by atoms with Gasteiger partial charge >= 0.3 is 6.18 Å². The first-order valence-electron chi connectivity index (χ1n) is 6.93. The highest BCUT2D eigenvalue weighted by atomic mass is 19.4. The van der Waals surface area contributed by atoms with Gasteiger partial charge in [0.2, 0.25) is 0 Å². The first-order valence-corrected chi connectivity index (χ1v) is 6.93. The number of benzene rings is 1. The zero-order valence-corrected chi connectivity index (χ0v) is 11.8. The molecule has 5 heteroatoms. The summed E-state index contributed by atoms with van der Waals surface area (Å²) in [5.41, 5.74) is 0.240. The minimum Gasteiger partial charge on any atom is -0.469 e. The summed E-state index contributed by atoms with van der Waals surface area (Å²) in [5.74, 6) is 0.879. The predicted octanol–water partition coefficient (Wildman–Crippen LogP) is 4.58. The fraction of sp³-hybridized carbons (Fsp3) is 0.375. The molecule has 21 heavy (non-hydrogen) atoms. The second-order valence-electron chi connectivity index (χ2n) is 4.85. The Morgan fingerprint density at radius 1 is 1.14 bits per heavy atom. The molecule has 1 N–H and O–H groups in total. The van der Waals surface area contributed by atoms with Crippen molar-refractivity contribution in [2.75, 3.05) is 6.54 Å². The molecule has 1 heterocycles. The maximum atomic E-state index is 12.6. The third-order valence-electron chi connectivity index (χ3n) is 3.35. The quantitative estimate of drug-likeness (QED) is 0.844. The topological polar surface area (TPSA) is 25.2 Å². The lowest BCUT2D eigenvalue weighted by Crippen LogP contribution is -2.21. The van der Waals surface area contributed by atoms with E-state index in [0.29, 0.717) is 0 Å². The summed E-state index contributed by atoms with van der Waals surface area (Å²) in [7, 11) is 0. The monoisotopic (exact) mass is 297 g/mol. The molecule has 1 unspecified atom stereocenters. The second-order valence-corrected chi connectivity index (χ2v) is 4.85. The summed E-state index contributed by atoms with van der Waals surface area (Å²) in [6, 6.07) is 9.09. The molecule has 0 bridgehead atoms. The van der Waals surface area contributed by atoms with Crippen LogP contribution in [0, 0.1) is 0 Å². The molecule has 0 aliphatic heterocycles. The first kappa shape index (κ1) is 15.6. The lowest BCUT2D eigenvalue weighted by molar-refractivity contribution is -0.137. The van der Waals surface area contributed by atoms with Gasteiger partial charge in [-0.15, -0.1) is 0 Å². The van der Waals surface area contributed by atoms with E-state index in [1.807, 2.05) is 19.1 Å². The molecule has 2 nitrogen and oxygen atoms in total. The lowest BCUT2D eigenvalue weighted by atomic mass is 9.99. The van der Waals surface area contributed by atoms with Crippen LogP contribution in [-0.4, -0.2) is 6.54 Å². The van der Waals surface area contributed by atoms with Gasteiger partial charge in [0.1, 0.15) is 5.76 Å². The molecule has 0 fully saturated rings. The Hall–Kier alpha value is -1.75. The van der Waals surface area contributed by atoms with Crippen LogP contribution in [0.1, 0.15) is 36.3 Å².